The number of aliphatic hydroxyl groups is 1. The van der Waals surface area contributed by atoms with Crippen molar-refractivity contribution < 1.29 is 23.1 Å². The molecule has 3 N–H and O–H groups in total. The zero-order valence-electron chi connectivity index (χ0n) is 19.6. The third-order valence-corrected chi connectivity index (χ3v) is 6.64. The Balaban J connectivity index is 1.53. The minimum atomic E-state index is -3.68. The Labute approximate surface area is 206 Å². The molecule has 184 valence electrons. The van der Waals surface area contributed by atoms with Crippen LogP contribution >= 0.6 is 0 Å². The number of rotatable bonds is 12. The number of ether oxygens (including phenoxy) is 1. The van der Waals surface area contributed by atoms with Crippen LogP contribution in [0.3, 0.4) is 0 Å². The molecular weight excluding hydrogens is 464 g/mol. The number of hydrogen-bond donors (Lipinski definition) is 3. The molecule has 7 nitrogen and oxygen atoms in total. The molecule has 0 aliphatic rings. The lowest BCUT2D eigenvalue weighted by molar-refractivity contribution is -0.120. The van der Waals surface area contributed by atoms with E-state index in [1.807, 2.05) is 30.3 Å². The smallest absolute Gasteiger partial charge is 0.261 e. The number of carbonyl (C=O) groups is 1. The number of amides is 1. The molecule has 0 saturated carbocycles. The summed E-state index contributed by atoms with van der Waals surface area (Å²) in [6.45, 7) is 0.305. The molecule has 0 aliphatic carbocycles. The summed E-state index contributed by atoms with van der Waals surface area (Å²) in [4.78, 5) is 11.7. The van der Waals surface area contributed by atoms with Crippen molar-refractivity contribution in [3.05, 3.63) is 96.1 Å². The largest absolute Gasteiger partial charge is 0.493 e. The lowest BCUT2D eigenvalue weighted by atomic mass is 10.1. The summed E-state index contributed by atoms with van der Waals surface area (Å²) in [5.74, 6) is 0.670. The maximum absolute atomic E-state index is 12.5. The summed E-state index contributed by atoms with van der Waals surface area (Å²) in [5, 5.41) is 12.9. The number of sulfonamides is 1. The Morgan fingerprint density at radius 2 is 1.77 bits per heavy atom. The highest BCUT2D eigenvalue weighted by molar-refractivity contribution is 7.92. The van der Waals surface area contributed by atoms with Crippen LogP contribution in [0.15, 0.2) is 89.8 Å². The van der Waals surface area contributed by atoms with Crippen molar-refractivity contribution in [2.75, 3.05) is 18.4 Å². The van der Waals surface area contributed by atoms with E-state index in [0.717, 1.165) is 11.1 Å². The van der Waals surface area contributed by atoms with Gasteiger partial charge in [0.25, 0.3) is 10.0 Å². The van der Waals surface area contributed by atoms with Gasteiger partial charge in [-0.15, -0.1) is 0 Å². The Morgan fingerprint density at radius 3 is 2.54 bits per heavy atom. The van der Waals surface area contributed by atoms with Crippen LogP contribution < -0.4 is 14.8 Å². The molecule has 35 heavy (non-hydrogen) atoms. The van der Waals surface area contributed by atoms with E-state index in [9.17, 15) is 18.3 Å². The molecule has 0 aromatic heterocycles. The molecule has 3 rings (SSSR count). The van der Waals surface area contributed by atoms with Crippen LogP contribution in [-0.2, 0) is 21.2 Å². The predicted molar refractivity (Wildman–Crippen MR) is 138 cm³/mol. The van der Waals surface area contributed by atoms with Crippen LogP contribution in [0.25, 0.3) is 6.08 Å². The van der Waals surface area contributed by atoms with Gasteiger partial charge < -0.3 is 15.2 Å². The predicted octanol–water partition coefficient (Wildman–Crippen LogP) is 4.01. The van der Waals surface area contributed by atoms with Gasteiger partial charge in [0.05, 0.1) is 17.6 Å². The summed E-state index contributed by atoms with van der Waals surface area (Å²) >= 11 is 0. The number of hydrogen-bond acceptors (Lipinski definition) is 5. The maximum atomic E-state index is 12.5. The molecule has 0 radical (unpaired) electrons. The first-order valence-corrected chi connectivity index (χ1v) is 12.8. The van der Waals surface area contributed by atoms with Gasteiger partial charge in [-0.3, -0.25) is 9.52 Å². The highest BCUT2D eigenvalue weighted by Gasteiger charge is 2.13. The molecule has 3 aromatic carbocycles. The number of anilines is 1. The van der Waals surface area contributed by atoms with Gasteiger partial charge in [-0.2, -0.15) is 0 Å². The average molecular weight is 495 g/mol. The van der Waals surface area contributed by atoms with E-state index in [1.54, 1.807) is 55.6 Å². The Bertz CT molecular complexity index is 1240. The van der Waals surface area contributed by atoms with Crippen molar-refractivity contribution in [1.29, 1.82) is 0 Å². The first-order valence-electron chi connectivity index (χ1n) is 11.3. The quantitative estimate of drug-likeness (QED) is 0.353. The van der Waals surface area contributed by atoms with Crippen molar-refractivity contribution in [2.45, 2.75) is 30.3 Å². The van der Waals surface area contributed by atoms with Gasteiger partial charge in [0, 0.05) is 25.6 Å². The van der Waals surface area contributed by atoms with E-state index in [0.29, 0.717) is 37.3 Å². The lowest BCUT2D eigenvalue weighted by Crippen LogP contribution is -2.18. The average Bonchev–Trinajstić information content (AvgIpc) is 2.87. The third kappa shape index (κ3) is 8.27. The van der Waals surface area contributed by atoms with Gasteiger partial charge in [0.1, 0.15) is 5.75 Å². The number of nitrogens with one attached hydrogen (secondary N) is 2. The van der Waals surface area contributed by atoms with Gasteiger partial charge in [-0.05, 0) is 47.9 Å². The zero-order chi connectivity index (χ0) is 25.1. The zero-order valence-corrected chi connectivity index (χ0v) is 20.4. The molecular formula is C27H30N2O5S. The minimum absolute atomic E-state index is 0.0303. The van der Waals surface area contributed by atoms with Gasteiger partial charge in [0.15, 0.2) is 0 Å². The first-order chi connectivity index (χ1) is 16.9. The standard InChI is InChI=1S/C27H30N2O5S/c1-28-27(31)17-15-22-9-5-6-13-26(22)34-19-18-24(30)16-14-21-8-7-10-23(20-21)29-35(32,33)25-11-3-2-4-12-25/h2-14,16,20,24,29-30H,15,17-19H2,1H3,(H,28,31)/b16-14+/t24-/m0/s1. The van der Waals surface area contributed by atoms with Gasteiger partial charge >= 0.3 is 0 Å². The summed E-state index contributed by atoms with van der Waals surface area (Å²) in [6.07, 6.45) is 3.97. The van der Waals surface area contributed by atoms with E-state index < -0.39 is 16.1 Å². The Kier molecular flexibility index (Phi) is 9.46. The highest BCUT2D eigenvalue weighted by Crippen LogP contribution is 2.21. The third-order valence-electron chi connectivity index (χ3n) is 5.25. The van der Waals surface area contributed by atoms with E-state index in [1.165, 1.54) is 12.1 Å². The second kappa shape index (κ2) is 12.7. The topological polar surface area (TPSA) is 105 Å². The molecule has 0 bridgehead atoms. The van der Waals surface area contributed by atoms with Gasteiger partial charge in [-0.1, -0.05) is 60.7 Å². The van der Waals surface area contributed by atoms with Gasteiger partial charge in [-0.25, -0.2) is 8.42 Å². The summed E-state index contributed by atoms with van der Waals surface area (Å²) in [6, 6.07) is 22.6. The Hall–Kier alpha value is -3.62. The number of para-hydroxylation sites is 1. The lowest BCUT2D eigenvalue weighted by Gasteiger charge is -2.12. The SMILES string of the molecule is CNC(=O)CCc1ccccc1OCC[C@@H](O)/C=C/c1cccc(NS(=O)(=O)c2ccccc2)c1. The van der Waals surface area contributed by atoms with Crippen molar-refractivity contribution >= 4 is 27.7 Å². The summed E-state index contributed by atoms with van der Waals surface area (Å²) in [7, 11) is -2.07. The number of benzene rings is 3. The molecule has 8 heteroatoms. The van der Waals surface area contributed by atoms with Crippen LogP contribution in [0.4, 0.5) is 5.69 Å². The van der Waals surface area contributed by atoms with Crippen molar-refractivity contribution in [1.82, 2.24) is 5.32 Å². The summed E-state index contributed by atoms with van der Waals surface area (Å²) in [5.41, 5.74) is 2.12. The molecule has 0 saturated heterocycles. The minimum Gasteiger partial charge on any atom is -0.493 e. The fourth-order valence-electron chi connectivity index (χ4n) is 3.35. The van der Waals surface area contributed by atoms with E-state index in [2.05, 4.69) is 10.0 Å². The highest BCUT2D eigenvalue weighted by atomic mass is 32.2. The summed E-state index contributed by atoms with van der Waals surface area (Å²) < 4.78 is 33.5. The van der Waals surface area contributed by atoms with Crippen LogP contribution in [-0.4, -0.2) is 39.2 Å². The Morgan fingerprint density at radius 1 is 1.03 bits per heavy atom. The molecule has 0 fully saturated rings. The van der Waals surface area contributed by atoms with Gasteiger partial charge in [0.2, 0.25) is 5.91 Å². The number of carbonyl (C=O) groups excluding carboxylic acids is 1. The molecule has 1 atom stereocenters. The van der Waals surface area contributed by atoms with E-state index >= 15 is 0 Å². The molecule has 0 heterocycles. The van der Waals surface area contributed by atoms with E-state index in [-0.39, 0.29) is 10.8 Å². The van der Waals surface area contributed by atoms with Crippen LogP contribution in [0.1, 0.15) is 24.0 Å². The van der Waals surface area contributed by atoms with Crippen LogP contribution in [0.5, 0.6) is 5.75 Å². The number of aliphatic hydroxyl groups excluding tert-OH is 1. The van der Waals surface area contributed by atoms with E-state index in [4.69, 9.17) is 4.74 Å². The normalized spacial score (nSPS) is 12.3. The second-order valence-corrected chi connectivity index (χ2v) is 9.57. The van der Waals surface area contributed by atoms with Crippen LogP contribution in [0.2, 0.25) is 0 Å². The molecule has 1 amide bonds. The number of aryl methyl sites for hydroxylation is 1. The van der Waals surface area contributed by atoms with Crippen molar-refractivity contribution in [3.63, 3.8) is 0 Å². The fraction of sp³-hybridized carbons (Fsp3) is 0.222. The second-order valence-electron chi connectivity index (χ2n) is 7.89. The van der Waals surface area contributed by atoms with Crippen molar-refractivity contribution in [3.8, 4) is 5.75 Å². The van der Waals surface area contributed by atoms with Crippen molar-refractivity contribution in [2.24, 2.45) is 0 Å². The molecule has 0 unspecified atom stereocenters. The van der Waals surface area contributed by atoms with Crippen LogP contribution in [0, 0.1) is 0 Å². The molecule has 0 spiro atoms. The fourth-order valence-corrected chi connectivity index (χ4v) is 4.42. The first kappa shape index (κ1) is 26.0. The maximum Gasteiger partial charge on any atom is 0.261 e. The molecule has 3 aromatic rings. The molecule has 0 aliphatic heterocycles. The monoisotopic (exact) mass is 494 g/mol.